The van der Waals surface area contributed by atoms with Crippen molar-refractivity contribution < 1.29 is 0 Å². The van der Waals surface area contributed by atoms with Gasteiger partial charge in [0.05, 0.1) is 17.7 Å². The third kappa shape index (κ3) is 3.99. The highest BCUT2D eigenvalue weighted by Gasteiger charge is 2.21. The molecule has 0 unspecified atom stereocenters. The van der Waals surface area contributed by atoms with Gasteiger partial charge in [-0.05, 0) is 44.0 Å². The van der Waals surface area contributed by atoms with Crippen LogP contribution in [0.15, 0.2) is 59.5 Å². The molecule has 0 amide bonds. The van der Waals surface area contributed by atoms with Gasteiger partial charge in [-0.15, -0.1) is 11.3 Å². The molecule has 1 aliphatic heterocycles. The molecule has 4 aromatic heterocycles. The fourth-order valence-electron chi connectivity index (χ4n) is 3.93. The summed E-state index contributed by atoms with van der Waals surface area (Å²) in [5.41, 5.74) is 2.75. The summed E-state index contributed by atoms with van der Waals surface area (Å²) >= 11 is 1.66. The Morgan fingerprint density at radius 1 is 1.17 bits per heavy atom. The van der Waals surface area contributed by atoms with Crippen molar-refractivity contribution in [1.82, 2.24) is 28.8 Å². The van der Waals surface area contributed by atoms with Crippen LogP contribution in [0.3, 0.4) is 0 Å². The van der Waals surface area contributed by atoms with Crippen molar-refractivity contribution in [2.45, 2.75) is 25.9 Å². The van der Waals surface area contributed by atoms with Gasteiger partial charge in [-0.2, -0.15) is 0 Å². The number of aromatic nitrogens is 5. The minimum atomic E-state index is 0.00678. The van der Waals surface area contributed by atoms with Crippen LogP contribution in [0, 0.1) is 5.92 Å². The molecule has 8 heteroatoms. The zero-order valence-electron chi connectivity index (χ0n) is 16.0. The SMILES string of the molecule is O=c1cc(-c2ccncc2)ncn1CC1CCN(Cc2cn3ccsc3n2)CC1. The van der Waals surface area contributed by atoms with Crippen molar-refractivity contribution in [3.05, 3.63) is 70.7 Å². The number of likely N-dealkylation sites (tertiary alicyclic amines) is 1. The zero-order valence-corrected chi connectivity index (χ0v) is 16.8. The van der Waals surface area contributed by atoms with Crippen LogP contribution in [0.25, 0.3) is 16.2 Å². The molecule has 1 fully saturated rings. The molecule has 0 aromatic carbocycles. The van der Waals surface area contributed by atoms with E-state index in [9.17, 15) is 4.79 Å². The minimum Gasteiger partial charge on any atom is -0.299 e. The van der Waals surface area contributed by atoms with Crippen LogP contribution < -0.4 is 5.56 Å². The fraction of sp³-hybridized carbons (Fsp3) is 0.333. The van der Waals surface area contributed by atoms with E-state index >= 15 is 0 Å². The molecule has 1 aliphatic rings. The summed E-state index contributed by atoms with van der Waals surface area (Å²) in [6.45, 7) is 3.69. The van der Waals surface area contributed by atoms with Gasteiger partial charge in [-0.25, -0.2) is 9.97 Å². The van der Waals surface area contributed by atoms with E-state index in [4.69, 9.17) is 0 Å². The molecular weight excluding hydrogens is 384 g/mol. The van der Waals surface area contributed by atoms with Gasteiger partial charge in [0.25, 0.3) is 5.56 Å². The van der Waals surface area contributed by atoms with Crippen molar-refractivity contribution >= 4 is 16.3 Å². The Bertz CT molecular complexity index is 1130. The Hall–Kier alpha value is -2.84. The molecule has 4 aromatic rings. The lowest BCUT2D eigenvalue weighted by Gasteiger charge is -2.31. The van der Waals surface area contributed by atoms with Crippen molar-refractivity contribution in [3.8, 4) is 11.3 Å². The lowest BCUT2D eigenvalue weighted by Crippen LogP contribution is -2.36. The van der Waals surface area contributed by atoms with Gasteiger partial charge >= 0.3 is 0 Å². The van der Waals surface area contributed by atoms with Crippen LogP contribution in [0.1, 0.15) is 18.5 Å². The molecule has 0 bridgehead atoms. The minimum absolute atomic E-state index is 0.00678. The lowest BCUT2D eigenvalue weighted by molar-refractivity contribution is 0.165. The van der Waals surface area contributed by atoms with E-state index in [1.807, 2.05) is 12.1 Å². The van der Waals surface area contributed by atoms with E-state index in [1.165, 1.54) is 0 Å². The number of rotatable bonds is 5. The summed E-state index contributed by atoms with van der Waals surface area (Å²) in [5, 5.41) is 2.05. The number of hydrogen-bond acceptors (Lipinski definition) is 6. The predicted octanol–water partition coefficient (Wildman–Crippen LogP) is 2.93. The zero-order chi connectivity index (χ0) is 19.6. The Kier molecular flexibility index (Phi) is 4.95. The molecule has 0 spiro atoms. The number of hydrogen-bond donors (Lipinski definition) is 0. The van der Waals surface area contributed by atoms with Crippen LogP contribution in [-0.4, -0.2) is 41.9 Å². The second-order valence-corrected chi connectivity index (χ2v) is 8.42. The number of fused-ring (bicyclic) bond motifs is 1. The monoisotopic (exact) mass is 406 g/mol. The van der Waals surface area contributed by atoms with Crippen LogP contribution in [0.4, 0.5) is 0 Å². The predicted molar refractivity (Wildman–Crippen MR) is 113 cm³/mol. The van der Waals surface area contributed by atoms with E-state index in [2.05, 4.69) is 42.0 Å². The van der Waals surface area contributed by atoms with Gasteiger partial charge in [0.15, 0.2) is 4.96 Å². The third-order valence-electron chi connectivity index (χ3n) is 5.55. The topological polar surface area (TPSA) is 68.3 Å². The van der Waals surface area contributed by atoms with Crippen molar-refractivity contribution in [2.24, 2.45) is 5.92 Å². The average Bonchev–Trinajstić information content (AvgIpc) is 3.33. The van der Waals surface area contributed by atoms with Crippen LogP contribution in [0.2, 0.25) is 0 Å². The van der Waals surface area contributed by atoms with E-state index in [0.29, 0.717) is 11.6 Å². The standard InChI is InChI=1S/C21H22N6OS/c28-20-11-19(17-1-5-22-6-2-17)23-15-27(20)12-16-3-7-25(8-4-16)13-18-14-26-9-10-29-21(26)24-18/h1-2,5-6,9-11,14-16H,3-4,7-8,12-13H2. The van der Waals surface area contributed by atoms with Crippen molar-refractivity contribution in [2.75, 3.05) is 13.1 Å². The van der Waals surface area contributed by atoms with Crippen molar-refractivity contribution in [3.63, 3.8) is 0 Å². The van der Waals surface area contributed by atoms with Gasteiger partial charge in [-0.3, -0.25) is 23.6 Å². The molecule has 7 nitrogen and oxygen atoms in total. The highest BCUT2D eigenvalue weighted by molar-refractivity contribution is 7.15. The Labute approximate surface area is 172 Å². The maximum atomic E-state index is 12.5. The summed E-state index contributed by atoms with van der Waals surface area (Å²) in [6, 6.07) is 5.35. The second-order valence-electron chi connectivity index (χ2n) is 7.55. The Morgan fingerprint density at radius 2 is 2.00 bits per heavy atom. The quantitative estimate of drug-likeness (QED) is 0.510. The Balaban J connectivity index is 1.18. The van der Waals surface area contributed by atoms with Crippen LogP contribution >= 0.6 is 11.3 Å². The van der Waals surface area contributed by atoms with Crippen LogP contribution in [-0.2, 0) is 13.1 Å². The van der Waals surface area contributed by atoms with Crippen molar-refractivity contribution in [1.29, 1.82) is 0 Å². The molecule has 0 atom stereocenters. The van der Waals surface area contributed by atoms with E-state index in [-0.39, 0.29) is 5.56 Å². The number of piperidine rings is 1. The third-order valence-corrected chi connectivity index (χ3v) is 6.32. The van der Waals surface area contributed by atoms with Gasteiger partial charge in [0.2, 0.25) is 0 Å². The first-order valence-electron chi connectivity index (χ1n) is 9.85. The maximum Gasteiger partial charge on any atom is 0.253 e. The first kappa shape index (κ1) is 18.2. The molecule has 29 heavy (non-hydrogen) atoms. The van der Waals surface area contributed by atoms with Gasteiger partial charge in [-0.1, -0.05) is 0 Å². The molecule has 0 aliphatic carbocycles. The highest BCUT2D eigenvalue weighted by Crippen LogP contribution is 2.21. The van der Waals surface area contributed by atoms with E-state index < -0.39 is 0 Å². The molecule has 0 radical (unpaired) electrons. The van der Waals surface area contributed by atoms with Gasteiger partial charge < -0.3 is 0 Å². The second kappa shape index (κ2) is 7.88. The molecular formula is C21H22N6OS. The average molecular weight is 407 g/mol. The summed E-state index contributed by atoms with van der Waals surface area (Å²) in [4.78, 5) is 29.2. The molecule has 0 saturated carbocycles. The van der Waals surface area contributed by atoms with E-state index in [1.54, 1.807) is 40.7 Å². The molecule has 148 valence electrons. The first-order chi connectivity index (χ1) is 14.2. The first-order valence-corrected chi connectivity index (χ1v) is 10.7. The molecule has 5 rings (SSSR count). The molecule has 1 saturated heterocycles. The van der Waals surface area contributed by atoms with Gasteiger partial charge in [0.1, 0.15) is 0 Å². The summed E-state index contributed by atoms with van der Waals surface area (Å²) < 4.78 is 3.83. The van der Waals surface area contributed by atoms with Gasteiger partial charge in [0, 0.05) is 54.9 Å². The van der Waals surface area contributed by atoms with Crippen LogP contribution in [0.5, 0.6) is 0 Å². The summed E-state index contributed by atoms with van der Waals surface area (Å²) in [5.74, 6) is 0.503. The Morgan fingerprint density at radius 3 is 2.76 bits per heavy atom. The molecule has 0 N–H and O–H groups in total. The number of nitrogens with zero attached hydrogens (tertiary/aromatic N) is 6. The highest BCUT2D eigenvalue weighted by atomic mass is 32.1. The fourth-order valence-corrected chi connectivity index (χ4v) is 4.65. The number of imidazole rings is 1. The number of thiazole rings is 1. The normalized spacial score (nSPS) is 15.9. The summed E-state index contributed by atoms with van der Waals surface area (Å²) in [7, 11) is 0. The smallest absolute Gasteiger partial charge is 0.253 e. The maximum absolute atomic E-state index is 12.5. The summed E-state index contributed by atoms with van der Waals surface area (Å²) in [6.07, 6.45) is 11.4. The largest absolute Gasteiger partial charge is 0.299 e. The lowest BCUT2D eigenvalue weighted by atomic mass is 9.96. The number of pyridine rings is 1. The molecule has 5 heterocycles. The van der Waals surface area contributed by atoms with E-state index in [0.717, 1.165) is 55.2 Å².